The number of methoxy groups -OCH3 is 1. The van der Waals surface area contributed by atoms with Gasteiger partial charge < -0.3 is 9.84 Å². The number of aromatic nitrogens is 3. The number of nitrogens with zero attached hydrogens (tertiary/aromatic N) is 3. The molecule has 0 spiro atoms. The molecule has 7 heteroatoms. The van der Waals surface area contributed by atoms with E-state index in [0.29, 0.717) is 21.9 Å². The summed E-state index contributed by atoms with van der Waals surface area (Å²) in [5, 5.41) is 16.2. The van der Waals surface area contributed by atoms with Crippen molar-refractivity contribution in [3.05, 3.63) is 52.3 Å². The van der Waals surface area contributed by atoms with Gasteiger partial charge in [0, 0.05) is 33.8 Å². The number of carbonyl (C=O) groups excluding carboxylic acids is 1. The Bertz CT molecular complexity index is 1060. The van der Waals surface area contributed by atoms with Crippen LogP contribution in [0.3, 0.4) is 0 Å². The highest BCUT2D eigenvalue weighted by Gasteiger charge is 2.31. The Morgan fingerprint density at radius 1 is 1.28 bits per heavy atom. The Morgan fingerprint density at radius 2 is 2.03 bits per heavy atom. The van der Waals surface area contributed by atoms with Crippen LogP contribution in [-0.4, -0.2) is 32.8 Å². The fraction of sp³-hybridized carbons (Fsp3) is 0.409. The molecule has 0 aliphatic heterocycles. The number of esters is 1. The molecule has 6 nitrogen and oxygen atoms in total. The number of aryl methyl sites for hydroxylation is 1. The molecule has 0 amide bonds. The fourth-order valence-electron chi connectivity index (χ4n) is 4.28. The Labute approximate surface area is 174 Å². The Balaban J connectivity index is 1.94. The van der Waals surface area contributed by atoms with E-state index in [0.717, 1.165) is 42.6 Å². The Morgan fingerprint density at radius 3 is 2.72 bits per heavy atom. The molecule has 1 aromatic carbocycles. The predicted octanol–water partition coefficient (Wildman–Crippen LogP) is 4.61. The van der Waals surface area contributed by atoms with Gasteiger partial charge in [0.25, 0.3) is 0 Å². The number of aliphatic hydroxyl groups excluding tert-OH is 1. The first kappa shape index (κ1) is 19.9. The molecule has 2 aromatic heterocycles. The molecule has 2 heterocycles. The molecule has 1 N–H and O–H groups in total. The van der Waals surface area contributed by atoms with Crippen molar-refractivity contribution in [2.45, 2.75) is 51.0 Å². The van der Waals surface area contributed by atoms with Crippen molar-refractivity contribution in [3.8, 4) is 11.3 Å². The van der Waals surface area contributed by atoms with Crippen molar-refractivity contribution in [2.24, 2.45) is 0 Å². The number of hydrogen-bond acceptors (Lipinski definition) is 5. The number of hydrogen-bond donors (Lipinski definition) is 1. The molecule has 1 fully saturated rings. The second-order valence-electron chi connectivity index (χ2n) is 7.57. The molecular weight excluding hydrogens is 390 g/mol. The first-order chi connectivity index (χ1) is 14.0. The lowest BCUT2D eigenvalue weighted by Crippen LogP contribution is -2.22. The SMILES string of the molecule is COC(=O)C(O)c1c(C)nc2cc(-c3cccc(Cl)c3)nn2c1C1CCCCC1. The Kier molecular flexibility index (Phi) is 5.56. The first-order valence-electron chi connectivity index (χ1n) is 9.91. The van der Waals surface area contributed by atoms with Crippen LogP contribution in [0.5, 0.6) is 0 Å². The number of halogens is 1. The molecule has 152 valence electrons. The van der Waals surface area contributed by atoms with Crippen LogP contribution in [0.4, 0.5) is 0 Å². The van der Waals surface area contributed by atoms with Crippen molar-refractivity contribution in [1.82, 2.24) is 14.6 Å². The summed E-state index contributed by atoms with van der Waals surface area (Å²) in [4.78, 5) is 16.8. The van der Waals surface area contributed by atoms with E-state index in [9.17, 15) is 9.90 Å². The average Bonchev–Trinajstić information content (AvgIpc) is 3.16. The van der Waals surface area contributed by atoms with E-state index in [1.54, 1.807) is 4.52 Å². The van der Waals surface area contributed by atoms with E-state index >= 15 is 0 Å². The lowest BCUT2D eigenvalue weighted by molar-refractivity contribution is -0.150. The van der Waals surface area contributed by atoms with E-state index in [2.05, 4.69) is 4.98 Å². The average molecular weight is 414 g/mol. The van der Waals surface area contributed by atoms with Crippen LogP contribution in [0.1, 0.15) is 61.1 Å². The maximum atomic E-state index is 12.2. The summed E-state index contributed by atoms with van der Waals surface area (Å²) in [6, 6.07) is 9.43. The van der Waals surface area contributed by atoms with Crippen LogP contribution in [0.2, 0.25) is 5.02 Å². The molecule has 1 saturated carbocycles. The molecule has 1 aliphatic carbocycles. The van der Waals surface area contributed by atoms with Crippen LogP contribution in [0.25, 0.3) is 16.9 Å². The largest absolute Gasteiger partial charge is 0.467 e. The summed E-state index contributed by atoms with van der Waals surface area (Å²) in [7, 11) is 1.28. The zero-order valence-corrected chi connectivity index (χ0v) is 17.3. The summed E-state index contributed by atoms with van der Waals surface area (Å²) < 4.78 is 6.59. The van der Waals surface area contributed by atoms with Gasteiger partial charge >= 0.3 is 5.97 Å². The number of ether oxygens (including phenoxy) is 1. The van der Waals surface area contributed by atoms with Crippen molar-refractivity contribution in [2.75, 3.05) is 7.11 Å². The second kappa shape index (κ2) is 8.13. The number of aliphatic hydroxyl groups is 1. The van der Waals surface area contributed by atoms with E-state index in [4.69, 9.17) is 21.4 Å². The van der Waals surface area contributed by atoms with E-state index in [-0.39, 0.29) is 5.92 Å². The number of rotatable bonds is 4. The minimum Gasteiger partial charge on any atom is -0.467 e. The topological polar surface area (TPSA) is 76.7 Å². The normalized spacial score (nSPS) is 16.1. The van der Waals surface area contributed by atoms with Gasteiger partial charge in [0.1, 0.15) is 0 Å². The highest BCUT2D eigenvalue weighted by Crippen LogP contribution is 2.38. The van der Waals surface area contributed by atoms with Crippen LogP contribution < -0.4 is 0 Å². The number of carbonyl (C=O) groups is 1. The van der Waals surface area contributed by atoms with E-state index in [1.165, 1.54) is 13.5 Å². The van der Waals surface area contributed by atoms with Crippen LogP contribution in [0, 0.1) is 6.92 Å². The molecule has 4 rings (SSSR count). The van der Waals surface area contributed by atoms with Gasteiger partial charge in [-0.2, -0.15) is 5.10 Å². The maximum Gasteiger partial charge on any atom is 0.339 e. The second-order valence-corrected chi connectivity index (χ2v) is 8.00. The molecule has 3 aromatic rings. The van der Waals surface area contributed by atoms with Gasteiger partial charge in [-0.25, -0.2) is 14.3 Å². The monoisotopic (exact) mass is 413 g/mol. The molecule has 29 heavy (non-hydrogen) atoms. The highest BCUT2D eigenvalue weighted by atomic mass is 35.5. The summed E-state index contributed by atoms with van der Waals surface area (Å²) in [6.07, 6.45) is 4.03. The number of benzene rings is 1. The molecule has 1 aliphatic rings. The van der Waals surface area contributed by atoms with Gasteiger partial charge in [-0.15, -0.1) is 0 Å². The van der Waals surface area contributed by atoms with Gasteiger partial charge in [0.2, 0.25) is 0 Å². The van der Waals surface area contributed by atoms with Crippen molar-refractivity contribution < 1.29 is 14.6 Å². The van der Waals surface area contributed by atoms with Crippen LogP contribution in [-0.2, 0) is 9.53 Å². The van der Waals surface area contributed by atoms with Gasteiger partial charge in [-0.05, 0) is 31.9 Å². The van der Waals surface area contributed by atoms with Gasteiger partial charge in [0.05, 0.1) is 18.5 Å². The molecule has 0 radical (unpaired) electrons. The molecule has 1 unspecified atom stereocenters. The summed E-state index contributed by atoms with van der Waals surface area (Å²) in [5.74, 6) is -0.483. The van der Waals surface area contributed by atoms with Crippen LogP contribution in [0.15, 0.2) is 30.3 Å². The summed E-state index contributed by atoms with van der Waals surface area (Å²) in [5.41, 5.74) is 4.33. The van der Waals surface area contributed by atoms with Crippen molar-refractivity contribution in [1.29, 1.82) is 0 Å². The summed E-state index contributed by atoms with van der Waals surface area (Å²) >= 11 is 6.15. The van der Waals surface area contributed by atoms with E-state index in [1.807, 2.05) is 37.3 Å². The van der Waals surface area contributed by atoms with Crippen molar-refractivity contribution >= 4 is 23.2 Å². The predicted molar refractivity (Wildman–Crippen MR) is 111 cm³/mol. The van der Waals surface area contributed by atoms with Gasteiger partial charge in [-0.1, -0.05) is 43.0 Å². The first-order valence-corrected chi connectivity index (χ1v) is 10.3. The minimum atomic E-state index is -1.38. The molecule has 0 saturated heterocycles. The zero-order chi connectivity index (χ0) is 20.5. The van der Waals surface area contributed by atoms with Crippen molar-refractivity contribution in [3.63, 3.8) is 0 Å². The Hall–Kier alpha value is -2.44. The number of fused-ring (bicyclic) bond motifs is 1. The third-order valence-electron chi connectivity index (χ3n) is 5.68. The van der Waals surface area contributed by atoms with E-state index < -0.39 is 12.1 Å². The quantitative estimate of drug-likeness (QED) is 0.632. The van der Waals surface area contributed by atoms with Gasteiger partial charge in [-0.3, -0.25) is 0 Å². The molecule has 0 bridgehead atoms. The molecule has 1 atom stereocenters. The lowest BCUT2D eigenvalue weighted by Gasteiger charge is -2.26. The van der Waals surface area contributed by atoms with Crippen LogP contribution >= 0.6 is 11.6 Å². The zero-order valence-electron chi connectivity index (χ0n) is 16.6. The standard InChI is InChI=1S/C22H24ClN3O3/c1-13-19(21(27)22(28)29-2)20(14-7-4-3-5-8-14)26-18(24-13)12-17(25-26)15-9-6-10-16(23)11-15/h6,9-12,14,21,27H,3-5,7-8H2,1-2H3. The minimum absolute atomic E-state index is 0.203. The third kappa shape index (κ3) is 3.74. The lowest BCUT2D eigenvalue weighted by atomic mass is 9.83. The highest BCUT2D eigenvalue weighted by molar-refractivity contribution is 6.30. The fourth-order valence-corrected chi connectivity index (χ4v) is 4.48. The molecular formula is C22H24ClN3O3. The summed E-state index contributed by atoms with van der Waals surface area (Å²) in [6.45, 7) is 1.82. The van der Waals surface area contributed by atoms with Gasteiger partial charge in [0.15, 0.2) is 11.8 Å². The third-order valence-corrected chi connectivity index (χ3v) is 5.91. The smallest absolute Gasteiger partial charge is 0.339 e. The maximum absolute atomic E-state index is 12.2.